The van der Waals surface area contributed by atoms with E-state index in [1.54, 1.807) is 0 Å². The number of rotatable bonds is 6. The van der Waals surface area contributed by atoms with Gasteiger partial charge in [-0.1, -0.05) is 38.1 Å². The first-order chi connectivity index (χ1) is 15.0. The molecule has 0 unspecified atom stereocenters. The number of hydrogen-bond acceptors (Lipinski definition) is 2. The summed E-state index contributed by atoms with van der Waals surface area (Å²) in [4.78, 5) is 7.02. The number of aromatic nitrogens is 2. The zero-order valence-corrected chi connectivity index (χ0v) is 20.0. The van der Waals surface area contributed by atoms with E-state index in [2.05, 4.69) is 90.8 Å². The van der Waals surface area contributed by atoms with Crippen molar-refractivity contribution in [2.45, 2.75) is 59.5 Å². The van der Waals surface area contributed by atoms with Gasteiger partial charge in [-0.05, 0) is 80.7 Å². The highest BCUT2D eigenvalue weighted by Crippen LogP contribution is 2.41. The minimum absolute atomic E-state index is 0.0386. The number of thiocarbonyl (C=S) groups is 1. The van der Waals surface area contributed by atoms with E-state index in [4.69, 9.17) is 12.2 Å². The molecule has 1 aliphatic rings. The van der Waals surface area contributed by atoms with Crippen molar-refractivity contribution in [2.75, 3.05) is 6.54 Å². The highest BCUT2D eigenvalue weighted by Gasteiger charge is 2.41. The van der Waals surface area contributed by atoms with Crippen LogP contribution in [0, 0.1) is 20.8 Å². The summed E-state index contributed by atoms with van der Waals surface area (Å²) in [7, 11) is 0. The average Bonchev–Trinajstić information content (AvgIpc) is 3.24. The predicted molar refractivity (Wildman–Crippen MR) is 132 cm³/mol. The summed E-state index contributed by atoms with van der Waals surface area (Å²) in [5, 5.41) is 4.39. The van der Waals surface area contributed by atoms with Crippen LogP contribution in [0.15, 0.2) is 48.7 Å². The second kappa shape index (κ2) is 8.83. The molecular weight excluding hydrogens is 400 g/mol. The average molecular weight is 433 g/mol. The van der Waals surface area contributed by atoms with Crippen molar-refractivity contribution in [2.24, 2.45) is 0 Å². The van der Waals surface area contributed by atoms with Crippen LogP contribution in [0.25, 0.3) is 5.69 Å². The molecule has 0 radical (unpaired) electrons. The first-order valence-electron chi connectivity index (χ1n) is 11.2. The maximum Gasteiger partial charge on any atom is 0.170 e. The maximum atomic E-state index is 5.78. The lowest BCUT2D eigenvalue weighted by atomic mass is 9.96. The van der Waals surface area contributed by atoms with Crippen molar-refractivity contribution in [3.63, 3.8) is 0 Å². The third kappa shape index (κ3) is 3.76. The number of aryl methyl sites for hydroxylation is 3. The summed E-state index contributed by atoms with van der Waals surface area (Å²) in [6.45, 7) is 12.0. The van der Waals surface area contributed by atoms with E-state index >= 15 is 0 Å². The second-order valence-corrected chi connectivity index (χ2v) is 8.80. The van der Waals surface area contributed by atoms with Crippen molar-refractivity contribution >= 4 is 17.3 Å². The Kier molecular flexibility index (Phi) is 6.15. The molecule has 5 heteroatoms. The lowest BCUT2D eigenvalue weighted by Gasteiger charge is -2.28. The van der Waals surface area contributed by atoms with E-state index in [-0.39, 0.29) is 12.1 Å². The molecule has 0 saturated carbocycles. The molecule has 0 aliphatic carbocycles. The first-order valence-corrected chi connectivity index (χ1v) is 11.6. The number of pyridine rings is 1. The van der Waals surface area contributed by atoms with Crippen LogP contribution in [-0.2, 0) is 6.42 Å². The van der Waals surface area contributed by atoms with E-state index in [0.717, 1.165) is 30.2 Å². The Morgan fingerprint density at radius 1 is 1.06 bits per heavy atom. The van der Waals surface area contributed by atoms with E-state index < -0.39 is 0 Å². The zero-order chi connectivity index (χ0) is 22.1. The largest absolute Gasteiger partial charge is 0.352 e. The summed E-state index contributed by atoms with van der Waals surface area (Å²) < 4.78 is 2.43. The molecule has 0 amide bonds. The van der Waals surface area contributed by atoms with Crippen molar-refractivity contribution in [3.8, 4) is 5.69 Å². The van der Waals surface area contributed by atoms with Gasteiger partial charge in [-0.25, -0.2) is 0 Å². The van der Waals surface area contributed by atoms with Crippen molar-refractivity contribution < 1.29 is 0 Å². The van der Waals surface area contributed by atoms with Crippen LogP contribution < -0.4 is 5.32 Å². The SMILES string of the molecule is CCCN1C(=S)N[C@H](c2ccccn2)[C@@H]1c1cc(C)n(-c2c(C)cccc2CC)c1C. The van der Waals surface area contributed by atoms with E-state index in [9.17, 15) is 0 Å². The first kappa shape index (κ1) is 21.6. The van der Waals surface area contributed by atoms with Crippen LogP contribution in [0.2, 0.25) is 0 Å². The van der Waals surface area contributed by atoms with Crippen molar-refractivity contribution in [3.05, 3.63) is 82.4 Å². The third-order valence-electron chi connectivity index (χ3n) is 6.38. The van der Waals surface area contributed by atoms with Gasteiger partial charge in [0.05, 0.1) is 23.5 Å². The fraction of sp³-hybridized carbons (Fsp3) is 0.385. The van der Waals surface area contributed by atoms with Gasteiger partial charge < -0.3 is 14.8 Å². The Morgan fingerprint density at radius 2 is 1.87 bits per heavy atom. The molecule has 1 N–H and O–H groups in total. The standard InChI is InChI=1S/C26H32N4S/c1-6-15-29-25(23(28-26(29)31)22-13-8-9-14-27-22)21-16-18(4)30(19(21)5)24-17(3)11-10-12-20(24)7-2/h8-14,16,23,25H,6-7,15H2,1-5H3,(H,28,31)/t23-,25+/m1/s1. The molecule has 162 valence electrons. The van der Waals surface area contributed by atoms with Gasteiger partial charge >= 0.3 is 0 Å². The summed E-state index contributed by atoms with van der Waals surface area (Å²) in [6.07, 6.45) is 3.92. The van der Waals surface area contributed by atoms with Gasteiger partial charge in [0.25, 0.3) is 0 Å². The Morgan fingerprint density at radius 3 is 2.55 bits per heavy atom. The molecule has 0 bridgehead atoms. The van der Waals surface area contributed by atoms with Crippen LogP contribution >= 0.6 is 12.2 Å². The fourth-order valence-electron chi connectivity index (χ4n) is 4.98. The summed E-state index contributed by atoms with van der Waals surface area (Å²) in [6, 6.07) is 15.2. The molecule has 4 nitrogen and oxygen atoms in total. The molecule has 0 spiro atoms. The lowest BCUT2D eigenvalue weighted by molar-refractivity contribution is 0.316. The summed E-state index contributed by atoms with van der Waals surface area (Å²) in [5.41, 5.74) is 8.88. The molecule has 1 fully saturated rings. The Balaban J connectivity index is 1.88. The van der Waals surface area contributed by atoms with Gasteiger partial charge in [-0.15, -0.1) is 0 Å². The van der Waals surface area contributed by atoms with E-state index in [1.165, 1.54) is 33.8 Å². The quantitative estimate of drug-likeness (QED) is 0.503. The van der Waals surface area contributed by atoms with Crippen molar-refractivity contribution in [1.82, 2.24) is 19.8 Å². The van der Waals surface area contributed by atoms with E-state index in [0.29, 0.717) is 0 Å². The lowest BCUT2D eigenvalue weighted by Crippen LogP contribution is -2.30. The van der Waals surface area contributed by atoms with Crippen LogP contribution in [-0.4, -0.2) is 26.1 Å². The van der Waals surface area contributed by atoms with Gasteiger partial charge in [0.15, 0.2) is 5.11 Å². The van der Waals surface area contributed by atoms with Gasteiger partial charge in [0, 0.05) is 24.1 Å². The highest BCUT2D eigenvalue weighted by atomic mass is 32.1. The Hall–Kier alpha value is -2.66. The molecule has 2 atom stereocenters. The molecule has 4 rings (SSSR count). The molecule has 1 aliphatic heterocycles. The molecular formula is C26H32N4S. The zero-order valence-electron chi connectivity index (χ0n) is 19.1. The highest BCUT2D eigenvalue weighted by molar-refractivity contribution is 7.80. The summed E-state index contributed by atoms with van der Waals surface area (Å²) in [5.74, 6) is 0. The maximum absolute atomic E-state index is 5.78. The smallest absolute Gasteiger partial charge is 0.170 e. The number of nitrogens with one attached hydrogen (secondary N) is 1. The number of para-hydroxylation sites is 1. The van der Waals surface area contributed by atoms with Gasteiger partial charge in [0.2, 0.25) is 0 Å². The van der Waals surface area contributed by atoms with Crippen LogP contribution in [0.4, 0.5) is 0 Å². The van der Waals surface area contributed by atoms with E-state index in [1.807, 2.05) is 12.3 Å². The fourth-order valence-corrected chi connectivity index (χ4v) is 5.31. The Bertz CT molecular complexity index is 1090. The van der Waals surface area contributed by atoms with Gasteiger partial charge in [-0.2, -0.15) is 0 Å². The Labute approximate surface area is 191 Å². The number of benzene rings is 1. The van der Waals surface area contributed by atoms with Crippen LogP contribution in [0.1, 0.15) is 66.1 Å². The normalized spacial score (nSPS) is 18.5. The minimum Gasteiger partial charge on any atom is -0.352 e. The van der Waals surface area contributed by atoms with Crippen molar-refractivity contribution in [1.29, 1.82) is 0 Å². The van der Waals surface area contributed by atoms with Crippen LogP contribution in [0.3, 0.4) is 0 Å². The monoisotopic (exact) mass is 432 g/mol. The predicted octanol–water partition coefficient (Wildman–Crippen LogP) is 5.74. The molecule has 1 aromatic carbocycles. The molecule has 3 aromatic rings. The van der Waals surface area contributed by atoms with Gasteiger partial charge in [-0.3, -0.25) is 4.98 Å². The molecule has 2 aromatic heterocycles. The summed E-state index contributed by atoms with van der Waals surface area (Å²) >= 11 is 5.78. The van der Waals surface area contributed by atoms with Gasteiger partial charge in [0.1, 0.15) is 0 Å². The molecule has 3 heterocycles. The van der Waals surface area contributed by atoms with Crippen LogP contribution in [0.5, 0.6) is 0 Å². The molecule has 31 heavy (non-hydrogen) atoms. The second-order valence-electron chi connectivity index (χ2n) is 8.42. The third-order valence-corrected chi connectivity index (χ3v) is 6.73. The molecule has 1 saturated heterocycles. The topological polar surface area (TPSA) is 33.1 Å². The minimum atomic E-state index is 0.0386. The number of hydrogen-bond donors (Lipinski definition) is 1. The number of nitrogens with zero attached hydrogens (tertiary/aromatic N) is 3.